The maximum Gasteiger partial charge on any atom is 0.0323 e. The fourth-order valence-electron chi connectivity index (χ4n) is 2.26. The van der Waals surface area contributed by atoms with Crippen LogP contribution in [0.25, 0.3) is 0 Å². The molecule has 0 saturated heterocycles. The van der Waals surface area contributed by atoms with Gasteiger partial charge in [0.15, 0.2) is 0 Å². The summed E-state index contributed by atoms with van der Waals surface area (Å²) in [6, 6.07) is 9.47. The summed E-state index contributed by atoms with van der Waals surface area (Å²) in [6.45, 7) is 3.40. The van der Waals surface area contributed by atoms with Gasteiger partial charge < -0.3 is 5.32 Å². The molecule has 1 atom stereocenters. The van der Waals surface area contributed by atoms with E-state index in [1.807, 2.05) is 0 Å². The Morgan fingerprint density at radius 3 is 3.07 bits per heavy atom. The fourth-order valence-corrected chi connectivity index (χ4v) is 2.26. The zero-order chi connectivity index (χ0) is 9.80. The molecule has 0 saturated carbocycles. The number of hydrogen-bond donors (Lipinski definition) is 1. The van der Waals surface area contributed by atoms with Crippen LogP contribution in [0.3, 0.4) is 0 Å². The van der Waals surface area contributed by atoms with Crippen LogP contribution in [-0.4, -0.2) is 6.54 Å². The van der Waals surface area contributed by atoms with Crippen LogP contribution in [0.5, 0.6) is 0 Å². The molecular weight excluding hydrogens is 170 g/mol. The average Bonchev–Trinajstić information content (AvgIpc) is 2.26. The van der Waals surface area contributed by atoms with Crippen molar-refractivity contribution < 1.29 is 0 Å². The second-order valence-electron chi connectivity index (χ2n) is 4.10. The van der Waals surface area contributed by atoms with Crippen LogP contribution in [0.4, 0.5) is 0 Å². The van der Waals surface area contributed by atoms with Crippen molar-refractivity contribution in [2.45, 2.75) is 38.6 Å². The van der Waals surface area contributed by atoms with Crippen molar-refractivity contribution in [1.29, 1.82) is 0 Å². The third-order valence-corrected chi connectivity index (χ3v) is 3.06. The fraction of sp³-hybridized carbons (Fsp3) is 0.538. The van der Waals surface area contributed by atoms with Gasteiger partial charge >= 0.3 is 0 Å². The minimum absolute atomic E-state index is 0.611. The van der Waals surface area contributed by atoms with Crippen molar-refractivity contribution in [2.24, 2.45) is 0 Å². The molecular formula is C13H19N. The van der Waals surface area contributed by atoms with Gasteiger partial charge in [0, 0.05) is 6.04 Å². The number of unbranched alkanes of at least 4 members (excludes halogenated alkanes) is 1. The molecule has 76 valence electrons. The maximum atomic E-state index is 3.61. The summed E-state index contributed by atoms with van der Waals surface area (Å²) in [6.07, 6.45) is 5.10. The molecule has 1 aromatic carbocycles. The Bertz CT molecular complexity index is 293. The van der Waals surface area contributed by atoms with E-state index in [9.17, 15) is 0 Å². The summed E-state index contributed by atoms with van der Waals surface area (Å²) in [7, 11) is 0. The minimum Gasteiger partial charge on any atom is -0.310 e. The molecule has 0 spiro atoms. The predicted octanol–water partition coefficient (Wildman–Crippen LogP) is 3.06. The number of hydrogen-bond acceptors (Lipinski definition) is 1. The molecule has 1 aromatic rings. The highest BCUT2D eigenvalue weighted by molar-refractivity contribution is 5.32. The maximum absolute atomic E-state index is 3.61. The first-order chi connectivity index (χ1) is 6.92. The molecule has 1 heteroatoms. The van der Waals surface area contributed by atoms with Gasteiger partial charge in [-0.3, -0.25) is 0 Å². The Morgan fingerprint density at radius 2 is 2.21 bits per heavy atom. The second-order valence-corrected chi connectivity index (χ2v) is 4.10. The monoisotopic (exact) mass is 189 g/mol. The molecule has 0 amide bonds. The minimum atomic E-state index is 0.611. The van der Waals surface area contributed by atoms with Crippen LogP contribution in [-0.2, 0) is 6.42 Å². The first-order valence-corrected chi connectivity index (χ1v) is 5.73. The Morgan fingerprint density at radius 1 is 1.36 bits per heavy atom. The summed E-state index contributed by atoms with van der Waals surface area (Å²) in [5.74, 6) is 0. The molecule has 0 aromatic heterocycles. The van der Waals surface area contributed by atoms with Crippen LogP contribution >= 0.6 is 0 Å². The molecule has 1 aliphatic heterocycles. The lowest BCUT2D eigenvalue weighted by Crippen LogP contribution is -2.29. The molecule has 0 radical (unpaired) electrons. The Hall–Kier alpha value is -0.820. The summed E-state index contributed by atoms with van der Waals surface area (Å²) in [4.78, 5) is 0. The van der Waals surface area contributed by atoms with Gasteiger partial charge in [-0.2, -0.15) is 0 Å². The van der Waals surface area contributed by atoms with Crippen molar-refractivity contribution >= 4 is 0 Å². The number of benzene rings is 1. The quantitative estimate of drug-likeness (QED) is 0.770. The first kappa shape index (κ1) is 9.72. The molecule has 14 heavy (non-hydrogen) atoms. The third kappa shape index (κ3) is 1.98. The Balaban J connectivity index is 2.14. The highest BCUT2D eigenvalue weighted by Crippen LogP contribution is 2.26. The van der Waals surface area contributed by atoms with Crippen molar-refractivity contribution in [3.05, 3.63) is 35.4 Å². The largest absolute Gasteiger partial charge is 0.310 e. The van der Waals surface area contributed by atoms with Crippen LogP contribution in [0.2, 0.25) is 0 Å². The lowest BCUT2D eigenvalue weighted by molar-refractivity contribution is 0.460. The van der Waals surface area contributed by atoms with Crippen molar-refractivity contribution in [2.75, 3.05) is 6.54 Å². The molecule has 1 aliphatic rings. The van der Waals surface area contributed by atoms with E-state index in [0.29, 0.717) is 6.04 Å². The molecule has 1 heterocycles. The van der Waals surface area contributed by atoms with E-state index in [4.69, 9.17) is 0 Å². The summed E-state index contributed by atoms with van der Waals surface area (Å²) in [5.41, 5.74) is 3.08. The molecule has 1 unspecified atom stereocenters. The van der Waals surface area contributed by atoms with E-state index in [-0.39, 0.29) is 0 Å². The second kappa shape index (κ2) is 4.61. The summed E-state index contributed by atoms with van der Waals surface area (Å²) in [5, 5.41) is 3.61. The van der Waals surface area contributed by atoms with Crippen LogP contribution in [0.1, 0.15) is 43.4 Å². The molecule has 0 bridgehead atoms. The lowest BCUT2D eigenvalue weighted by atomic mass is 9.91. The SMILES string of the molecule is CCCCC1NCCc2ccccc21. The Labute approximate surface area is 86.5 Å². The normalized spacial score (nSPS) is 20.5. The van der Waals surface area contributed by atoms with Crippen LogP contribution in [0.15, 0.2) is 24.3 Å². The van der Waals surface area contributed by atoms with Gasteiger partial charge in [0.05, 0.1) is 0 Å². The number of rotatable bonds is 3. The van der Waals surface area contributed by atoms with E-state index in [0.717, 1.165) is 6.54 Å². The summed E-state index contributed by atoms with van der Waals surface area (Å²) < 4.78 is 0. The zero-order valence-corrected chi connectivity index (χ0v) is 8.92. The van der Waals surface area contributed by atoms with Gasteiger partial charge in [-0.05, 0) is 30.5 Å². The highest BCUT2D eigenvalue weighted by atomic mass is 14.9. The van der Waals surface area contributed by atoms with E-state index < -0.39 is 0 Å². The van der Waals surface area contributed by atoms with Crippen LogP contribution in [0, 0.1) is 0 Å². The number of nitrogens with one attached hydrogen (secondary N) is 1. The smallest absolute Gasteiger partial charge is 0.0323 e. The van der Waals surface area contributed by atoms with Crippen molar-refractivity contribution in [3.8, 4) is 0 Å². The highest BCUT2D eigenvalue weighted by Gasteiger charge is 2.17. The lowest BCUT2D eigenvalue weighted by Gasteiger charge is -2.26. The van der Waals surface area contributed by atoms with Gasteiger partial charge in [0.1, 0.15) is 0 Å². The molecule has 1 nitrogen and oxygen atoms in total. The third-order valence-electron chi connectivity index (χ3n) is 3.06. The van der Waals surface area contributed by atoms with Gasteiger partial charge in [-0.1, -0.05) is 44.0 Å². The van der Waals surface area contributed by atoms with E-state index in [1.165, 1.54) is 31.2 Å². The molecule has 1 N–H and O–H groups in total. The van der Waals surface area contributed by atoms with Crippen molar-refractivity contribution in [1.82, 2.24) is 5.32 Å². The van der Waals surface area contributed by atoms with E-state index in [2.05, 4.69) is 36.5 Å². The first-order valence-electron chi connectivity index (χ1n) is 5.73. The van der Waals surface area contributed by atoms with Gasteiger partial charge in [-0.25, -0.2) is 0 Å². The summed E-state index contributed by atoms with van der Waals surface area (Å²) >= 11 is 0. The average molecular weight is 189 g/mol. The Kier molecular flexibility index (Phi) is 3.20. The molecule has 2 rings (SSSR count). The topological polar surface area (TPSA) is 12.0 Å². The zero-order valence-electron chi connectivity index (χ0n) is 8.92. The van der Waals surface area contributed by atoms with Crippen LogP contribution < -0.4 is 5.32 Å². The van der Waals surface area contributed by atoms with Gasteiger partial charge in [0.25, 0.3) is 0 Å². The number of fused-ring (bicyclic) bond motifs is 1. The van der Waals surface area contributed by atoms with E-state index >= 15 is 0 Å². The van der Waals surface area contributed by atoms with Crippen molar-refractivity contribution in [3.63, 3.8) is 0 Å². The molecule has 0 fully saturated rings. The predicted molar refractivity (Wildman–Crippen MR) is 60.4 cm³/mol. The van der Waals surface area contributed by atoms with E-state index in [1.54, 1.807) is 5.56 Å². The molecule has 0 aliphatic carbocycles. The van der Waals surface area contributed by atoms with Gasteiger partial charge in [0.2, 0.25) is 0 Å². The van der Waals surface area contributed by atoms with Gasteiger partial charge in [-0.15, -0.1) is 0 Å². The standard InChI is InChI=1S/C13H19N/c1-2-3-8-13-12-7-5-4-6-11(12)9-10-14-13/h4-7,13-14H,2-3,8-10H2,1H3.